The van der Waals surface area contributed by atoms with E-state index in [2.05, 4.69) is 0 Å². The molecule has 0 atom stereocenters. The minimum atomic E-state index is -0.215. The standard InChI is InChI=1S/C19H18O5/c1-4-22-15-9-10-16-17(11-15)23-12(2)19(18(16)20)24-14-7-5-13(21-3)6-8-14/h5-11H,4H2,1-3H3. The second kappa shape index (κ2) is 6.66. The quantitative estimate of drug-likeness (QED) is 0.699. The van der Waals surface area contributed by atoms with E-state index in [-0.39, 0.29) is 11.2 Å². The first kappa shape index (κ1) is 15.9. The first-order valence-electron chi connectivity index (χ1n) is 7.64. The molecule has 0 N–H and O–H groups in total. The van der Waals surface area contributed by atoms with E-state index in [1.54, 1.807) is 56.5 Å². The largest absolute Gasteiger partial charge is 0.497 e. The van der Waals surface area contributed by atoms with Crippen LogP contribution in [0.5, 0.6) is 23.0 Å². The van der Waals surface area contributed by atoms with Crippen LogP contribution in [0.25, 0.3) is 11.0 Å². The molecule has 1 aromatic heterocycles. The van der Waals surface area contributed by atoms with Crippen molar-refractivity contribution >= 4 is 11.0 Å². The van der Waals surface area contributed by atoms with Crippen LogP contribution in [0.2, 0.25) is 0 Å². The number of ether oxygens (including phenoxy) is 3. The number of fused-ring (bicyclic) bond motifs is 1. The molecule has 0 fully saturated rings. The molecule has 0 aliphatic rings. The number of methoxy groups -OCH3 is 1. The lowest BCUT2D eigenvalue weighted by atomic mass is 10.2. The maximum atomic E-state index is 12.7. The Hall–Kier alpha value is -2.95. The smallest absolute Gasteiger partial charge is 0.235 e. The summed E-state index contributed by atoms with van der Waals surface area (Å²) < 4.78 is 22.0. The Morgan fingerprint density at radius 2 is 1.67 bits per heavy atom. The highest BCUT2D eigenvalue weighted by molar-refractivity contribution is 5.79. The fourth-order valence-corrected chi connectivity index (χ4v) is 2.40. The lowest BCUT2D eigenvalue weighted by molar-refractivity contribution is 0.340. The topological polar surface area (TPSA) is 57.9 Å². The van der Waals surface area contributed by atoms with E-state index < -0.39 is 0 Å². The van der Waals surface area contributed by atoms with Crippen LogP contribution in [0.4, 0.5) is 0 Å². The van der Waals surface area contributed by atoms with Crippen LogP contribution in [-0.4, -0.2) is 13.7 Å². The summed E-state index contributed by atoms with van der Waals surface area (Å²) in [6.45, 7) is 4.15. The molecule has 5 nitrogen and oxygen atoms in total. The molecule has 0 aliphatic heterocycles. The number of benzene rings is 2. The maximum absolute atomic E-state index is 12.7. The van der Waals surface area contributed by atoms with Gasteiger partial charge in [0.1, 0.15) is 28.6 Å². The highest BCUT2D eigenvalue weighted by atomic mass is 16.5. The third kappa shape index (κ3) is 3.06. The summed E-state index contributed by atoms with van der Waals surface area (Å²) in [5, 5.41) is 0.451. The molecule has 0 saturated carbocycles. The molecule has 0 radical (unpaired) electrons. The van der Waals surface area contributed by atoms with Gasteiger partial charge in [-0.1, -0.05) is 0 Å². The van der Waals surface area contributed by atoms with Crippen LogP contribution in [0.15, 0.2) is 51.7 Å². The summed E-state index contributed by atoms with van der Waals surface area (Å²) >= 11 is 0. The molecule has 5 heteroatoms. The summed E-state index contributed by atoms with van der Waals surface area (Å²) in [4.78, 5) is 12.7. The van der Waals surface area contributed by atoms with Crippen LogP contribution >= 0.6 is 0 Å². The van der Waals surface area contributed by atoms with Gasteiger partial charge in [-0.3, -0.25) is 4.79 Å². The van der Waals surface area contributed by atoms with Crippen molar-refractivity contribution in [2.45, 2.75) is 13.8 Å². The van der Waals surface area contributed by atoms with Crippen molar-refractivity contribution in [2.24, 2.45) is 0 Å². The molecular weight excluding hydrogens is 308 g/mol. The van der Waals surface area contributed by atoms with E-state index in [1.165, 1.54) is 0 Å². The van der Waals surface area contributed by atoms with Crippen LogP contribution in [-0.2, 0) is 0 Å². The van der Waals surface area contributed by atoms with Gasteiger partial charge in [-0.2, -0.15) is 0 Å². The van der Waals surface area contributed by atoms with Gasteiger partial charge in [0, 0.05) is 6.07 Å². The third-order valence-electron chi connectivity index (χ3n) is 3.58. The minimum absolute atomic E-state index is 0.178. The van der Waals surface area contributed by atoms with Crippen molar-refractivity contribution in [3.63, 3.8) is 0 Å². The molecule has 0 amide bonds. The van der Waals surface area contributed by atoms with E-state index in [1.807, 2.05) is 6.92 Å². The summed E-state index contributed by atoms with van der Waals surface area (Å²) in [6, 6.07) is 12.1. The Bertz CT molecular complexity index is 909. The van der Waals surface area contributed by atoms with Gasteiger partial charge >= 0.3 is 0 Å². The number of hydrogen-bond donors (Lipinski definition) is 0. The Morgan fingerprint density at radius 3 is 2.33 bits per heavy atom. The van der Waals surface area contributed by atoms with Crippen molar-refractivity contribution in [3.8, 4) is 23.0 Å². The van der Waals surface area contributed by atoms with Gasteiger partial charge < -0.3 is 18.6 Å². The second-order valence-electron chi connectivity index (χ2n) is 5.19. The van der Waals surface area contributed by atoms with Crippen molar-refractivity contribution in [1.29, 1.82) is 0 Å². The Labute approximate surface area is 139 Å². The summed E-state index contributed by atoms with van der Waals surface area (Å²) in [7, 11) is 1.59. The first-order valence-corrected chi connectivity index (χ1v) is 7.64. The third-order valence-corrected chi connectivity index (χ3v) is 3.58. The molecule has 0 bridgehead atoms. The van der Waals surface area contributed by atoms with Gasteiger partial charge in [0.25, 0.3) is 0 Å². The van der Waals surface area contributed by atoms with E-state index in [0.29, 0.717) is 40.6 Å². The zero-order valence-electron chi connectivity index (χ0n) is 13.8. The van der Waals surface area contributed by atoms with Crippen LogP contribution in [0, 0.1) is 6.92 Å². The van der Waals surface area contributed by atoms with E-state index in [0.717, 1.165) is 0 Å². The SMILES string of the molecule is CCOc1ccc2c(=O)c(Oc3ccc(OC)cc3)c(C)oc2c1. The van der Waals surface area contributed by atoms with Gasteiger partial charge in [-0.05, 0) is 50.2 Å². The molecule has 124 valence electrons. The zero-order valence-corrected chi connectivity index (χ0v) is 13.8. The fraction of sp³-hybridized carbons (Fsp3) is 0.211. The molecule has 0 spiro atoms. The monoisotopic (exact) mass is 326 g/mol. The molecule has 0 aliphatic carbocycles. The number of hydrogen-bond acceptors (Lipinski definition) is 5. The van der Waals surface area contributed by atoms with Crippen LogP contribution in [0.3, 0.4) is 0 Å². The number of aryl methyl sites for hydroxylation is 1. The highest BCUT2D eigenvalue weighted by Crippen LogP contribution is 2.28. The van der Waals surface area contributed by atoms with Gasteiger partial charge in [-0.15, -0.1) is 0 Å². The highest BCUT2D eigenvalue weighted by Gasteiger charge is 2.14. The summed E-state index contributed by atoms with van der Waals surface area (Å²) in [5.74, 6) is 2.51. The minimum Gasteiger partial charge on any atom is -0.497 e. The summed E-state index contributed by atoms with van der Waals surface area (Å²) in [5.41, 5.74) is 0.262. The molecule has 3 aromatic rings. The molecule has 2 aromatic carbocycles. The van der Waals surface area contributed by atoms with Gasteiger partial charge in [0.05, 0.1) is 19.1 Å². The Morgan fingerprint density at radius 1 is 1.00 bits per heavy atom. The van der Waals surface area contributed by atoms with E-state index in [9.17, 15) is 4.79 Å². The second-order valence-corrected chi connectivity index (χ2v) is 5.19. The number of rotatable bonds is 5. The van der Waals surface area contributed by atoms with Crippen molar-refractivity contribution < 1.29 is 18.6 Å². The van der Waals surface area contributed by atoms with Gasteiger partial charge in [-0.25, -0.2) is 0 Å². The molecule has 0 saturated heterocycles. The molecule has 3 rings (SSSR count). The average molecular weight is 326 g/mol. The van der Waals surface area contributed by atoms with E-state index in [4.69, 9.17) is 18.6 Å². The molecule has 1 heterocycles. The normalized spacial score (nSPS) is 10.6. The van der Waals surface area contributed by atoms with E-state index >= 15 is 0 Å². The van der Waals surface area contributed by atoms with Gasteiger partial charge in [0.15, 0.2) is 0 Å². The molecule has 0 unspecified atom stereocenters. The Balaban J connectivity index is 2.01. The predicted octanol–water partition coefficient (Wildman–Crippen LogP) is 4.30. The summed E-state index contributed by atoms with van der Waals surface area (Å²) in [6.07, 6.45) is 0. The van der Waals surface area contributed by atoms with Crippen molar-refractivity contribution in [1.82, 2.24) is 0 Å². The van der Waals surface area contributed by atoms with Crippen LogP contribution < -0.4 is 19.6 Å². The fourth-order valence-electron chi connectivity index (χ4n) is 2.40. The molecular formula is C19H18O5. The average Bonchev–Trinajstić information content (AvgIpc) is 2.59. The van der Waals surface area contributed by atoms with Crippen LogP contribution in [0.1, 0.15) is 12.7 Å². The zero-order chi connectivity index (χ0) is 17.1. The predicted molar refractivity (Wildman–Crippen MR) is 91.5 cm³/mol. The van der Waals surface area contributed by atoms with Crippen molar-refractivity contribution in [3.05, 3.63) is 58.4 Å². The molecule has 24 heavy (non-hydrogen) atoms. The van der Waals surface area contributed by atoms with Crippen molar-refractivity contribution in [2.75, 3.05) is 13.7 Å². The first-order chi connectivity index (χ1) is 11.6. The Kier molecular flexibility index (Phi) is 4.42. The lowest BCUT2D eigenvalue weighted by Gasteiger charge is -2.10. The van der Waals surface area contributed by atoms with Gasteiger partial charge in [0.2, 0.25) is 11.2 Å². The lowest BCUT2D eigenvalue weighted by Crippen LogP contribution is -2.07. The maximum Gasteiger partial charge on any atom is 0.235 e.